The van der Waals surface area contributed by atoms with Gasteiger partial charge in [0.15, 0.2) is 0 Å². The Labute approximate surface area is 139 Å². The first-order valence-corrected chi connectivity index (χ1v) is 8.72. The molecule has 1 N–H and O–H groups in total. The minimum Gasteiger partial charge on any atom is -0.360 e. The molecule has 0 saturated heterocycles. The van der Waals surface area contributed by atoms with Crippen LogP contribution in [0.1, 0.15) is 30.7 Å². The molecule has 3 rings (SSSR count). The summed E-state index contributed by atoms with van der Waals surface area (Å²) < 4.78 is 1.36. The van der Waals surface area contributed by atoms with Crippen molar-refractivity contribution in [1.29, 1.82) is 0 Å². The van der Waals surface area contributed by atoms with Crippen molar-refractivity contribution in [3.8, 4) is 0 Å². The molecule has 5 nitrogen and oxygen atoms in total. The molecular formula is C17H20N4OS. The van der Waals surface area contributed by atoms with Crippen LogP contribution in [0.5, 0.6) is 0 Å². The Balaban J connectivity index is 1.67. The van der Waals surface area contributed by atoms with Crippen LogP contribution in [-0.2, 0) is 19.3 Å². The van der Waals surface area contributed by atoms with Crippen LogP contribution >= 0.6 is 11.3 Å². The first-order valence-electron chi connectivity index (χ1n) is 7.91. The maximum absolute atomic E-state index is 12.0. The molecule has 3 aromatic rings. The monoisotopic (exact) mass is 328 g/mol. The summed E-state index contributed by atoms with van der Waals surface area (Å²) in [5.74, 6) is 0. The van der Waals surface area contributed by atoms with E-state index in [2.05, 4.69) is 46.6 Å². The SMILES string of the molecule is CCc1ccc(CCNc2nn3c(=O)cc(CC)nc3s2)cc1. The average molecular weight is 328 g/mol. The normalized spacial score (nSPS) is 11.0. The first kappa shape index (κ1) is 15.7. The van der Waals surface area contributed by atoms with Gasteiger partial charge < -0.3 is 5.32 Å². The number of nitrogens with zero attached hydrogens (tertiary/aromatic N) is 3. The van der Waals surface area contributed by atoms with Gasteiger partial charge in [-0.15, -0.1) is 5.10 Å². The molecule has 0 atom stereocenters. The van der Waals surface area contributed by atoms with Gasteiger partial charge in [-0.1, -0.05) is 49.4 Å². The van der Waals surface area contributed by atoms with Crippen molar-refractivity contribution >= 4 is 21.4 Å². The summed E-state index contributed by atoms with van der Waals surface area (Å²) in [4.78, 5) is 17.0. The van der Waals surface area contributed by atoms with Gasteiger partial charge in [-0.2, -0.15) is 4.52 Å². The maximum atomic E-state index is 12.0. The molecule has 2 heterocycles. The van der Waals surface area contributed by atoms with E-state index >= 15 is 0 Å². The zero-order valence-corrected chi connectivity index (χ0v) is 14.2. The zero-order chi connectivity index (χ0) is 16.2. The van der Waals surface area contributed by atoms with Gasteiger partial charge in [0, 0.05) is 18.3 Å². The largest absolute Gasteiger partial charge is 0.360 e. The fraction of sp³-hybridized carbons (Fsp3) is 0.353. The summed E-state index contributed by atoms with van der Waals surface area (Å²) in [6, 6.07) is 10.2. The molecule has 0 unspecified atom stereocenters. The van der Waals surface area contributed by atoms with Crippen LogP contribution in [0.4, 0.5) is 5.13 Å². The van der Waals surface area contributed by atoms with E-state index in [0.29, 0.717) is 4.96 Å². The van der Waals surface area contributed by atoms with E-state index in [1.54, 1.807) is 6.07 Å². The number of benzene rings is 1. The highest BCUT2D eigenvalue weighted by Crippen LogP contribution is 2.16. The van der Waals surface area contributed by atoms with Crippen LogP contribution in [0, 0.1) is 0 Å². The van der Waals surface area contributed by atoms with E-state index < -0.39 is 0 Å². The number of hydrogen-bond donors (Lipinski definition) is 1. The number of hydrogen-bond acceptors (Lipinski definition) is 5. The minimum atomic E-state index is -0.119. The van der Waals surface area contributed by atoms with Gasteiger partial charge in [-0.25, -0.2) is 4.98 Å². The van der Waals surface area contributed by atoms with E-state index in [0.717, 1.165) is 36.6 Å². The topological polar surface area (TPSA) is 59.3 Å². The molecule has 0 saturated carbocycles. The van der Waals surface area contributed by atoms with Crippen molar-refractivity contribution in [1.82, 2.24) is 14.6 Å². The van der Waals surface area contributed by atoms with Crippen LogP contribution in [-0.4, -0.2) is 21.1 Å². The highest BCUT2D eigenvalue weighted by atomic mass is 32.1. The smallest absolute Gasteiger partial charge is 0.275 e. The molecule has 0 bridgehead atoms. The van der Waals surface area contributed by atoms with Gasteiger partial charge in [0.1, 0.15) is 0 Å². The number of rotatable bonds is 6. The van der Waals surface area contributed by atoms with Crippen molar-refractivity contribution in [3.63, 3.8) is 0 Å². The number of fused-ring (bicyclic) bond motifs is 1. The molecule has 2 aromatic heterocycles. The lowest BCUT2D eigenvalue weighted by atomic mass is 10.1. The summed E-state index contributed by atoms with van der Waals surface area (Å²) >= 11 is 1.41. The van der Waals surface area contributed by atoms with E-state index in [-0.39, 0.29) is 5.56 Å². The second-order valence-corrected chi connectivity index (χ2v) is 6.34. The molecule has 0 fully saturated rings. The lowest BCUT2D eigenvalue weighted by Crippen LogP contribution is -2.15. The quantitative estimate of drug-likeness (QED) is 0.756. The van der Waals surface area contributed by atoms with Gasteiger partial charge >= 0.3 is 0 Å². The van der Waals surface area contributed by atoms with Gasteiger partial charge in [-0.05, 0) is 30.4 Å². The second kappa shape index (κ2) is 6.91. The van der Waals surface area contributed by atoms with Gasteiger partial charge in [0.25, 0.3) is 5.56 Å². The van der Waals surface area contributed by atoms with E-state index in [4.69, 9.17) is 0 Å². The molecule has 0 spiro atoms. The Hall–Kier alpha value is -2.21. The summed E-state index contributed by atoms with van der Waals surface area (Å²) in [6.07, 6.45) is 2.73. The van der Waals surface area contributed by atoms with Crippen molar-refractivity contribution in [2.75, 3.05) is 11.9 Å². The highest BCUT2D eigenvalue weighted by Gasteiger charge is 2.08. The minimum absolute atomic E-state index is 0.119. The molecule has 0 aliphatic carbocycles. The third kappa shape index (κ3) is 3.59. The highest BCUT2D eigenvalue weighted by molar-refractivity contribution is 7.20. The van der Waals surface area contributed by atoms with Crippen molar-refractivity contribution in [2.24, 2.45) is 0 Å². The van der Waals surface area contributed by atoms with Crippen molar-refractivity contribution < 1.29 is 0 Å². The first-order chi connectivity index (χ1) is 11.2. The third-order valence-corrected chi connectivity index (χ3v) is 4.65. The predicted octanol–water partition coefficient (Wildman–Crippen LogP) is 2.93. The van der Waals surface area contributed by atoms with E-state index in [1.165, 1.54) is 27.0 Å². The standard InChI is InChI=1S/C17H20N4OS/c1-3-12-5-7-13(8-6-12)9-10-18-16-20-21-15(22)11-14(4-2)19-17(21)23-16/h5-8,11H,3-4,9-10H2,1-2H3,(H,18,20). The Morgan fingerprint density at radius 3 is 2.57 bits per heavy atom. The lowest BCUT2D eigenvalue weighted by Gasteiger charge is -2.03. The molecule has 0 amide bonds. The number of nitrogens with one attached hydrogen (secondary N) is 1. The Morgan fingerprint density at radius 2 is 1.87 bits per heavy atom. The van der Waals surface area contributed by atoms with E-state index in [1.807, 2.05) is 6.92 Å². The Bertz CT molecular complexity index is 851. The van der Waals surface area contributed by atoms with Crippen molar-refractivity contribution in [2.45, 2.75) is 33.1 Å². The molecule has 0 radical (unpaired) electrons. The fourth-order valence-electron chi connectivity index (χ4n) is 2.36. The van der Waals surface area contributed by atoms with Gasteiger partial charge in [-0.3, -0.25) is 4.79 Å². The van der Waals surface area contributed by atoms with Gasteiger partial charge in [0.05, 0.1) is 0 Å². The summed E-state index contributed by atoms with van der Waals surface area (Å²) in [7, 11) is 0. The molecule has 1 aromatic carbocycles. The molecule has 0 aliphatic rings. The molecule has 120 valence electrons. The summed E-state index contributed by atoms with van der Waals surface area (Å²) in [5.41, 5.74) is 3.33. The molecule has 6 heteroatoms. The summed E-state index contributed by atoms with van der Waals surface area (Å²) in [5, 5.41) is 8.31. The van der Waals surface area contributed by atoms with E-state index in [9.17, 15) is 4.79 Å². The maximum Gasteiger partial charge on any atom is 0.275 e. The van der Waals surface area contributed by atoms with Crippen LogP contribution in [0.25, 0.3) is 4.96 Å². The van der Waals surface area contributed by atoms with Crippen LogP contribution in [0.15, 0.2) is 35.1 Å². The fourth-order valence-corrected chi connectivity index (χ4v) is 3.21. The van der Waals surface area contributed by atoms with Gasteiger partial charge in [0.2, 0.25) is 10.1 Å². The second-order valence-electron chi connectivity index (χ2n) is 5.39. The molecular weight excluding hydrogens is 308 g/mol. The Morgan fingerprint density at radius 1 is 1.13 bits per heavy atom. The molecule has 0 aliphatic heterocycles. The summed E-state index contributed by atoms with van der Waals surface area (Å²) in [6.45, 7) is 4.92. The number of anilines is 1. The zero-order valence-electron chi connectivity index (χ0n) is 13.4. The average Bonchev–Trinajstić information content (AvgIpc) is 2.99. The predicted molar refractivity (Wildman–Crippen MR) is 94.5 cm³/mol. The van der Waals surface area contributed by atoms with Crippen LogP contribution < -0.4 is 10.9 Å². The lowest BCUT2D eigenvalue weighted by molar-refractivity contribution is 0.872. The number of aryl methyl sites for hydroxylation is 2. The van der Waals surface area contributed by atoms with Crippen LogP contribution in [0.2, 0.25) is 0 Å². The third-order valence-electron chi connectivity index (χ3n) is 3.78. The molecule has 23 heavy (non-hydrogen) atoms. The van der Waals surface area contributed by atoms with Crippen molar-refractivity contribution in [3.05, 3.63) is 57.5 Å². The number of aromatic nitrogens is 3. The van der Waals surface area contributed by atoms with Crippen LogP contribution in [0.3, 0.4) is 0 Å². The Kier molecular flexibility index (Phi) is 4.71.